The van der Waals surface area contributed by atoms with Crippen LogP contribution in [-0.2, 0) is 11.3 Å². The van der Waals surface area contributed by atoms with E-state index in [2.05, 4.69) is 41.2 Å². The molecule has 2 unspecified atom stereocenters. The lowest BCUT2D eigenvalue weighted by molar-refractivity contribution is -0.123. The number of aliphatic hydroxyl groups excluding tert-OH is 1. The highest BCUT2D eigenvalue weighted by atomic mass is 16.3. The molecule has 1 saturated heterocycles. The van der Waals surface area contributed by atoms with E-state index in [-0.39, 0.29) is 23.9 Å². The number of nitrogens with one attached hydrogen (secondary N) is 1. The SMILES string of the molecule is CCN1CC2(C[C@@H](O)[C@H](NC(=O)Cn3nccn3)C2)C1C(C)C. The maximum absolute atomic E-state index is 12.1. The normalized spacial score (nSPS) is 34.0. The first kappa shape index (κ1) is 16.4. The van der Waals surface area contributed by atoms with Crippen molar-refractivity contribution in [3.8, 4) is 0 Å². The lowest BCUT2D eigenvalue weighted by Crippen LogP contribution is -2.65. The quantitative estimate of drug-likeness (QED) is 0.813. The van der Waals surface area contributed by atoms with E-state index in [9.17, 15) is 9.90 Å². The van der Waals surface area contributed by atoms with E-state index in [0.717, 1.165) is 25.9 Å². The van der Waals surface area contributed by atoms with Crippen LogP contribution in [0.4, 0.5) is 0 Å². The van der Waals surface area contributed by atoms with Gasteiger partial charge in [-0.2, -0.15) is 15.0 Å². The molecule has 4 atom stereocenters. The van der Waals surface area contributed by atoms with Gasteiger partial charge in [-0.15, -0.1) is 0 Å². The van der Waals surface area contributed by atoms with Crippen LogP contribution in [0.15, 0.2) is 12.4 Å². The van der Waals surface area contributed by atoms with E-state index in [1.807, 2.05) is 0 Å². The zero-order valence-corrected chi connectivity index (χ0v) is 14.1. The first-order chi connectivity index (χ1) is 10.9. The zero-order valence-electron chi connectivity index (χ0n) is 14.1. The average Bonchev–Trinajstić information content (AvgIpc) is 3.05. The molecule has 0 aromatic carbocycles. The van der Waals surface area contributed by atoms with Gasteiger partial charge in [-0.1, -0.05) is 20.8 Å². The van der Waals surface area contributed by atoms with Gasteiger partial charge in [-0.25, -0.2) is 0 Å². The lowest BCUT2D eigenvalue weighted by atomic mass is 9.65. The van der Waals surface area contributed by atoms with E-state index in [4.69, 9.17) is 0 Å². The summed E-state index contributed by atoms with van der Waals surface area (Å²) in [6.07, 6.45) is 4.26. The fourth-order valence-electron chi connectivity index (χ4n) is 4.75. The van der Waals surface area contributed by atoms with Gasteiger partial charge in [0.05, 0.1) is 24.5 Å². The van der Waals surface area contributed by atoms with Crippen LogP contribution in [0.1, 0.15) is 33.6 Å². The van der Waals surface area contributed by atoms with Gasteiger partial charge in [0.15, 0.2) is 0 Å². The van der Waals surface area contributed by atoms with Crippen molar-refractivity contribution in [2.24, 2.45) is 11.3 Å². The molecule has 0 radical (unpaired) electrons. The summed E-state index contributed by atoms with van der Waals surface area (Å²) in [7, 11) is 0. The summed E-state index contributed by atoms with van der Waals surface area (Å²) in [5.74, 6) is 0.411. The van der Waals surface area contributed by atoms with Crippen molar-refractivity contribution in [1.29, 1.82) is 0 Å². The zero-order chi connectivity index (χ0) is 16.6. The van der Waals surface area contributed by atoms with Crippen LogP contribution in [0.5, 0.6) is 0 Å². The maximum atomic E-state index is 12.1. The number of hydrogen-bond donors (Lipinski definition) is 2. The van der Waals surface area contributed by atoms with Crippen molar-refractivity contribution >= 4 is 5.91 Å². The Kier molecular flexibility index (Phi) is 4.42. The summed E-state index contributed by atoms with van der Waals surface area (Å²) in [5.41, 5.74) is 0.144. The number of rotatable bonds is 5. The van der Waals surface area contributed by atoms with Gasteiger partial charge in [0.25, 0.3) is 0 Å². The summed E-state index contributed by atoms with van der Waals surface area (Å²) in [4.78, 5) is 16.0. The first-order valence-corrected chi connectivity index (χ1v) is 8.51. The molecular weight excluding hydrogens is 294 g/mol. The van der Waals surface area contributed by atoms with Gasteiger partial charge < -0.3 is 10.4 Å². The topological polar surface area (TPSA) is 83.3 Å². The molecule has 128 valence electrons. The molecule has 1 amide bonds. The van der Waals surface area contributed by atoms with Gasteiger partial charge in [0.1, 0.15) is 6.54 Å². The Labute approximate surface area is 137 Å². The smallest absolute Gasteiger partial charge is 0.243 e. The van der Waals surface area contributed by atoms with Crippen LogP contribution in [0.3, 0.4) is 0 Å². The second kappa shape index (κ2) is 6.20. The number of amides is 1. The van der Waals surface area contributed by atoms with Gasteiger partial charge >= 0.3 is 0 Å². The molecule has 1 aliphatic carbocycles. The number of aromatic nitrogens is 3. The minimum atomic E-state index is -0.468. The van der Waals surface area contributed by atoms with Crippen molar-refractivity contribution in [3.05, 3.63) is 12.4 Å². The predicted octanol–water partition coefficient (Wildman–Crippen LogP) is 0.264. The van der Waals surface area contributed by atoms with Crippen molar-refractivity contribution < 1.29 is 9.90 Å². The molecule has 2 fully saturated rings. The van der Waals surface area contributed by atoms with Gasteiger partial charge in [0, 0.05) is 18.0 Å². The number of hydrogen-bond acceptors (Lipinski definition) is 5. The predicted molar refractivity (Wildman–Crippen MR) is 85.5 cm³/mol. The van der Waals surface area contributed by atoms with E-state index in [1.54, 1.807) is 12.4 Å². The van der Waals surface area contributed by atoms with Crippen molar-refractivity contribution in [1.82, 2.24) is 25.2 Å². The molecule has 1 aliphatic heterocycles. The summed E-state index contributed by atoms with van der Waals surface area (Å²) in [6.45, 7) is 8.84. The van der Waals surface area contributed by atoms with Crippen LogP contribution in [0.2, 0.25) is 0 Å². The minimum absolute atomic E-state index is 0.0952. The third-order valence-corrected chi connectivity index (χ3v) is 5.38. The number of carbonyl (C=O) groups is 1. The van der Waals surface area contributed by atoms with Gasteiger partial charge in [0.2, 0.25) is 5.91 Å². The molecule has 2 aliphatic rings. The largest absolute Gasteiger partial charge is 0.391 e. The Bertz CT molecular complexity index is 547. The second-order valence-electron chi connectivity index (χ2n) is 7.32. The van der Waals surface area contributed by atoms with Crippen LogP contribution < -0.4 is 5.32 Å². The molecule has 1 saturated carbocycles. The molecule has 1 aromatic heterocycles. The Balaban J connectivity index is 1.61. The third-order valence-electron chi connectivity index (χ3n) is 5.38. The molecule has 1 spiro atoms. The maximum Gasteiger partial charge on any atom is 0.243 e. The van der Waals surface area contributed by atoms with Crippen molar-refractivity contribution in [2.45, 2.75) is 58.3 Å². The van der Waals surface area contributed by atoms with Crippen LogP contribution >= 0.6 is 0 Å². The second-order valence-corrected chi connectivity index (χ2v) is 7.32. The van der Waals surface area contributed by atoms with Crippen molar-refractivity contribution in [2.75, 3.05) is 13.1 Å². The highest BCUT2D eigenvalue weighted by Gasteiger charge is 2.58. The van der Waals surface area contributed by atoms with Crippen molar-refractivity contribution in [3.63, 3.8) is 0 Å². The summed E-state index contributed by atoms with van der Waals surface area (Å²) >= 11 is 0. The minimum Gasteiger partial charge on any atom is -0.391 e. The number of carbonyl (C=O) groups excluding carboxylic acids is 1. The van der Waals surface area contributed by atoms with Crippen LogP contribution in [0.25, 0.3) is 0 Å². The highest BCUT2D eigenvalue weighted by Crippen LogP contribution is 2.52. The number of likely N-dealkylation sites (tertiary alicyclic amines) is 1. The fraction of sp³-hybridized carbons (Fsp3) is 0.812. The monoisotopic (exact) mass is 321 g/mol. The molecule has 0 bridgehead atoms. The van der Waals surface area contributed by atoms with E-state index in [1.165, 1.54) is 4.80 Å². The van der Waals surface area contributed by atoms with Crippen LogP contribution in [0, 0.1) is 11.3 Å². The molecule has 2 heterocycles. The molecule has 3 rings (SSSR count). The Hall–Kier alpha value is -1.47. The van der Waals surface area contributed by atoms with Crippen LogP contribution in [-0.4, -0.2) is 62.2 Å². The average molecular weight is 321 g/mol. The third kappa shape index (κ3) is 2.99. The molecule has 2 N–H and O–H groups in total. The fourth-order valence-corrected chi connectivity index (χ4v) is 4.75. The summed E-state index contributed by atoms with van der Waals surface area (Å²) in [6, 6.07) is 0.329. The molecule has 23 heavy (non-hydrogen) atoms. The highest BCUT2D eigenvalue weighted by molar-refractivity contribution is 5.76. The first-order valence-electron chi connectivity index (χ1n) is 8.51. The number of aliphatic hydroxyl groups is 1. The lowest BCUT2D eigenvalue weighted by Gasteiger charge is -2.58. The standard InChI is InChI=1S/C16H27N5O2/c1-4-20-10-16(15(20)11(2)3)7-12(13(22)8-16)19-14(23)9-21-17-5-6-18-21/h5-6,11-13,15,22H,4,7-10H2,1-3H3,(H,19,23)/t12-,13-,15?,16?/m1/s1. The summed E-state index contributed by atoms with van der Waals surface area (Å²) in [5, 5.41) is 21.3. The van der Waals surface area contributed by atoms with E-state index >= 15 is 0 Å². The Morgan fingerprint density at radius 2 is 2.09 bits per heavy atom. The molecule has 1 aromatic rings. The Morgan fingerprint density at radius 3 is 2.70 bits per heavy atom. The van der Waals surface area contributed by atoms with E-state index < -0.39 is 6.10 Å². The van der Waals surface area contributed by atoms with E-state index in [0.29, 0.717) is 12.0 Å². The molecular formula is C16H27N5O2. The molecule has 7 nitrogen and oxygen atoms in total. The van der Waals surface area contributed by atoms with Gasteiger partial charge in [-0.05, 0) is 25.3 Å². The molecule has 7 heteroatoms. The Morgan fingerprint density at radius 1 is 1.39 bits per heavy atom. The number of nitrogens with zero attached hydrogens (tertiary/aromatic N) is 4. The summed E-state index contributed by atoms with van der Waals surface area (Å²) < 4.78 is 0. The van der Waals surface area contributed by atoms with Gasteiger partial charge in [-0.3, -0.25) is 9.69 Å².